The summed E-state index contributed by atoms with van der Waals surface area (Å²) < 4.78 is 0. The van der Waals surface area contributed by atoms with E-state index in [9.17, 15) is 9.59 Å². The molecular formula is C9H12O3. The maximum atomic E-state index is 10.6. The number of carbonyl (C=O) groups is 2. The van der Waals surface area contributed by atoms with E-state index in [0.717, 1.165) is 0 Å². The van der Waals surface area contributed by atoms with E-state index >= 15 is 0 Å². The zero-order valence-electron chi connectivity index (χ0n) is 7.15. The fourth-order valence-electron chi connectivity index (χ4n) is 1.67. The van der Waals surface area contributed by atoms with E-state index in [-0.39, 0.29) is 17.3 Å². The van der Waals surface area contributed by atoms with Crippen LogP contribution in [0.25, 0.3) is 0 Å². The van der Waals surface area contributed by atoms with Crippen molar-refractivity contribution in [3.05, 3.63) is 12.2 Å². The molecular weight excluding hydrogens is 156 g/mol. The predicted octanol–water partition coefficient (Wildman–Crippen LogP) is 1.10. The third-order valence-electron chi connectivity index (χ3n) is 2.57. The maximum Gasteiger partial charge on any atom is 0.307 e. The molecule has 1 rings (SSSR count). The maximum absolute atomic E-state index is 10.6. The summed E-state index contributed by atoms with van der Waals surface area (Å²) in [6.07, 6.45) is 3.72. The quantitative estimate of drug-likeness (QED) is 0.507. The predicted molar refractivity (Wildman–Crippen MR) is 43.6 cm³/mol. The lowest BCUT2D eigenvalue weighted by Crippen LogP contribution is -2.02. The molecule has 0 spiro atoms. The lowest BCUT2D eigenvalue weighted by atomic mass is 10.1. The van der Waals surface area contributed by atoms with Crippen LogP contribution in [0.15, 0.2) is 12.2 Å². The summed E-state index contributed by atoms with van der Waals surface area (Å²) in [5.41, 5.74) is -0.189. The van der Waals surface area contributed by atoms with Gasteiger partial charge in [-0.2, -0.15) is 0 Å². The van der Waals surface area contributed by atoms with Crippen molar-refractivity contribution in [2.45, 2.75) is 13.8 Å². The van der Waals surface area contributed by atoms with Crippen molar-refractivity contribution in [3.8, 4) is 0 Å². The van der Waals surface area contributed by atoms with E-state index in [0.29, 0.717) is 6.29 Å². The van der Waals surface area contributed by atoms with Crippen molar-refractivity contribution in [3.63, 3.8) is 0 Å². The molecule has 0 unspecified atom stereocenters. The summed E-state index contributed by atoms with van der Waals surface area (Å²) >= 11 is 0. The van der Waals surface area contributed by atoms with Gasteiger partial charge in [0, 0.05) is 0 Å². The Morgan fingerprint density at radius 3 is 2.42 bits per heavy atom. The minimum atomic E-state index is -0.777. The summed E-state index contributed by atoms with van der Waals surface area (Å²) in [7, 11) is 0. The van der Waals surface area contributed by atoms with Crippen molar-refractivity contribution in [1.82, 2.24) is 0 Å². The highest BCUT2D eigenvalue weighted by Crippen LogP contribution is 2.58. The molecule has 66 valence electrons. The highest BCUT2D eigenvalue weighted by Gasteiger charge is 2.60. The molecule has 1 N–H and O–H groups in total. The topological polar surface area (TPSA) is 54.4 Å². The number of rotatable bonds is 3. The third kappa shape index (κ3) is 1.26. The van der Waals surface area contributed by atoms with Gasteiger partial charge in [-0.1, -0.05) is 19.9 Å². The van der Waals surface area contributed by atoms with E-state index in [2.05, 4.69) is 0 Å². The number of aliphatic carboxylic acids is 1. The molecule has 2 atom stereocenters. The number of hydrogen-bond donors (Lipinski definition) is 1. The lowest BCUT2D eigenvalue weighted by molar-refractivity contribution is -0.139. The molecule has 0 saturated heterocycles. The first-order valence-electron chi connectivity index (χ1n) is 3.86. The van der Waals surface area contributed by atoms with Crippen molar-refractivity contribution in [2.75, 3.05) is 0 Å². The Bertz CT molecular complexity index is 240. The van der Waals surface area contributed by atoms with Gasteiger partial charge in [0.05, 0.1) is 5.92 Å². The fraction of sp³-hybridized carbons (Fsp3) is 0.556. The van der Waals surface area contributed by atoms with Gasteiger partial charge in [0.25, 0.3) is 0 Å². The third-order valence-corrected chi connectivity index (χ3v) is 2.57. The van der Waals surface area contributed by atoms with E-state index in [1.54, 1.807) is 6.08 Å². The highest BCUT2D eigenvalue weighted by atomic mass is 16.4. The molecule has 0 aromatic heterocycles. The summed E-state index contributed by atoms with van der Waals surface area (Å²) in [4.78, 5) is 20.6. The molecule has 1 aliphatic carbocycles. The zero-order chi connectivity index (χ0) is 9.35. The van der Waals surface area contributed by atoms with Crippen LogP contribution in [0.4, 0.5) is 0 Å². The second-order valence-corrected chi connectivity index (χ2v) is 3.68. The Hall–Kier alpha value is -1.12. The van der Waals surface area contributed by atoms with E-state index in [1.165, 1.54) is 6.08 Å². The SMILES string of the molecule is CC1(C)[C@H](/C=C/C=O)[C@H]1C(=O)O. The average Bonchev–Trinajstić information content (AvgIpc) is 2.49. The molecule has 1 aliphatic rings. The Kier molecular flexibility index (Phi) is 2.04. The van der Waals surface area contributed by atoms with Crippen LogP contribution >= 0.6 is 0 Å². The van der Waals surface area contributed by atoms with Gasteiger partial charge in [0.1, 0.15) is 6.29 Å². The van der Waals surface area contributed by atoms with Crippen LogP contribution in [-0.2, 0) is 9.59 Å². The van der Waals surface area contributed by atoms with E-state index in [4.69, 9.17) is 5.11 Å². The largest absolute Gasteiger partial charge is 0.481 e. The van der Waals surface area contributed by atoms with E-state index < -0.39 is 5.97 Å². The lowest BCUT2D eigenvalue weighted by Gasteiger charge is -1.95. The normalized spacial score (nSPS) is 31.8. The Morgan fingerprint density at radius 1 is 1.50 bits per heavy atom. The smallest absolute Gasteiger partial charge is 0.307 e. The second kappa shape index (κ2) is 2.73. The Morgan fingerprint density at radius 2 is 2.08 bits per heavy atom. The Balaban J connectivity index is 2.66. The van der Waals surface area contributed by atoms with Crippen LogP contribution in [0.5, 0.6) is 0 Å². The van der Waals surface area contributed by atoms with Gasteiger partial charge in [-0.15, -0.1) is 0 Å². The standard InChI is InChI=1S/C9H12O3/c1-9(2)6(4-3-5-10)7(9)8(11)12/h3-7H,1-2H3,(H,11,12)/b4-3+/t6-,7+/m1/s1. The molecule has 0 aromatic carbocycles. The summed E-state index contributed by atoms with van der Waals surface area (Å²) in [6, 6.07) is 0. The van der Waals surface area contributed by atoms with Crippen LogP contribution in [0.3, 0.4) is 0 Å². The zero-order valence-corrected chi connectivity index (χ0v) is 7.15. The molecule has 0 amide bonds. The average molecular weight is 168 g/mol. The van der Waals surface area contributed by atoms with Gasteiger partial charge in [-0.25, -0.2) is 0 Å². The molecule has 1 fully saturated rings. The van der Waals surface area contributed by atoms with Crippen LogP contribution in [-0.4, -0.2) is 17.4 Å². The molecule has 0 aliphatic heterocycles. The first-order chi connectivity index (χ1) is 5.51. The van der Waals surface area contributed by atoms with Gasteiger partial charge in [-0.3, -0.25) is 9.59 Å². The highest BCUT2D eigenvalue weighted by molar-refractivity contribution is 5.76. The van der Waals surface area contributed by atoms with Gasteiger partial charge in [-0.05, 0) is 17.4 Å². The second-order valence-electron chi connectivity index (χ2n) is 3.68. The Labute approximate surface area is 71.1 Å². The first-order valence-corrected chi connectivity index (χ1v) is 3.86. The van der Waals surface area contributed by atoms with Crippen molar-refractivity contribution < 1.29 is 14.7 Å². The minimum Gasteiger partial charge on any atom is -0.481 e. The van der Waals surface area contributed by atoms with Crippen LogP contribution in [0.1, 0.15) is 13.8 Å². The first kappa shape index (κ1) is 8.97. The molecule has 0 bridgehead atoms. The number of carboxylic acids is 1. The minimum absolute atomic E-state index is 0.0141. The van der Waals surface area contributed by atoms with Crippen LogP contribution in [0.2, 0.25) is 0 Å². The van der Waals surface area contributed by atoms with Gasteiger partial charge in [0.2, 0.25) is 0 Å². The monoisotopic (exact) mass is 168 g/mol. The van der Waals surface area contributed by atoms with Crippen molar-refractivity contribution in [1.29, 1.82) is 0 Å². The number of carbonyl (C=O) groups excluding carboxylic acids is 1. The van der Waals surface area contributed by atoms with Crippen molar-refractivity contribution in [2.24, 2.45) is 17.3 Å². The molecule has 12 heavy (non-hydrogen) atoms. The fourth-order valence-corrected chi connectivity index (χ4v) is 1.67. The van der Waals surface area contributed by atoms with Gasteiger partial charge in [0.15, 0.2) is 0 Å². The van der Waals surface area contributed by atoms with Crippen LogP contribution in [0, 0.1) is 17.3 Å². The molecule has 0 aromatic rings. The molecule has 1 saturated carbocycles. The van der Waals surface area contributed by atoms with E-state index in [1.807, 2.05) is 13.8 Å². The van der Waals surface area contributed by atoms with Crippen molar-refractivity contribution >= 4 is 12.3 Å². The van der Waals surface area contributed by atoms with Gasteiger partial charge >= 0.3 is 5.97 Å². The number of aldehydes is 1. The molecule has 3 heteroatoms. The summed E-state index contributed by atoms with van der Waals surface area (Å²) in [5, 5.41) is 8.74. The molecule has 3 nitrogen and oxygen atoms in total. The number of allylic oxidation sites excluding steroid dienone is 2. The molecule has 0 radical (unpaired) electrons. The van der Waals surface area contributed by atoms with Gasteiger partial charge < -0.3 is 5.11 Å². The summed E-state index contributed by atoms with van der Waals surface area (Å²) in [5.74, 6) is -1.09. The number of hydrogen-bond acceptors (Lipinski definition) is 2. The summed E-state index contributed by atoms with van der Waals surface area (Å²) in [6.45, 7) is 3.79. The van der Waals surface area contributed by atoms with Crippen LogP contribution < -0.4 is 0 Å². The molecule has 0 heterocycles. The number of carboxylic acid groups (broad SMARTS) is 1.